The van der Waals surface area contributed by atoms with Crippen LogP contribution in [-0.2, 0) is 6.42 Å². The third-order valence-electron chi connectivity index (χ3n) is 2.75. The Kier molecular flexibility index (Phi) is 3.15. The van der Waals surface area contributed by atoms with Crippen molar-refractivity contribution in [3.8, 4) is 6.07 Å². The maximum absolute atomic E-state index is 8.99. The first-order chi connectivity index (χ1) is 8.20. The van der Waals surface area contributed by atoms with E-state index in [0.29, 0.717) is 17.9 Å². The second-order valence-corrected chi connectivity index (χ2v) is 3.97. The molecule has 0 fully saturated rings. The van der Waals surface area contributed by atoms with Crippen molar-refractivity contribution >= 4 is 0 Å². The van der Waals surface area contributed by atoms with Crippen LogP contribution in [0.1, 0.15) is 28.3 Å². The first-order valence-corrected chi connectivity index (χ1v) is 5.49. The molecule has 17 heavy (non-hydrogen) atoms. The molecule has 3 heteroatoms. The molecule has 1 aromatic carbocycles. The predicted molar refractivity (Wildman–Crippen MR) is 65.5 cm³/mol. The minimum Gasteiger partial charge on any atom is -0.238 e. The van der Waals surface area contributed by atoms with Gasteiger partial charge < -0.3 is 0 Å². The van der Waals surface area contributed by atoms with Crippen LogP contribution in [0.25, 0.3) is 0 Å². The Labute approximate surface area is 101 Å². The van der Waals surface area contributed by atoms with E-state index in [1.165, 1.54) is 0 Å². The fraction of sp³-hybridized carbons (Fsp3) is 0.214. The van der Waals surface area contributed by atoms with Gasteiger partial charge in [-0.3, -0.25) is 0 Å². The lowest BCUT2D eigenvalue weighted by Crippen LogP contribution is -2.03. The molecular weight excluding hydrogens is 210 g/mol. The first kappa shape index (κ1) is 11.3. The third kappa shape index (κ3) is 2.48. The van der Waals surface area contributed by atoms with Gasteiger partial charge in [0.1, 0.15) is 17.6 Å². The zero-order chi connectivity index (χ0) is 12.3. The Balaban J connectivity index is 2.35. The highest BCUT2D eigenvalue weighted by molar-refractivity contribution is 5.33. The molecule has 0 saturated carbocycles. The lowest BCUT2D eigenvalue weighted by atomic mass is 10.1. The molecule has 0 aliphatic heterocycles. The number of aromatic nitrogens is 2. The quantitative estimate of drug-likeness (QED) is 0.786. The van der Waals surface area contributed by atoms with E-state index < -0.39 is 0 Å². The molecule has 0 saturated heterocycles. The minimum atomic E-state index is 0.475. The normalized spacial score (nSPS) is 9.94. The number of nitriles is 1. The van der Waals surface area contributed by atoms with Crippen molar-refractivity contribution in [3.05, 3.63) is 58.7 Å². The van der Waals surface area contributed by atoms with Crippen LogP contribution in [0, 0.1) is 25.2 Å². The highest BCUT2D eigenvalue weighted by atomic mass is 14.9. The molecule has 0 aliphatic rings. The highest BCUT2D eigenvalue weighted by Crippen LogP contribution is 2.11. The molecule has 1 heterocycles. The molecule has 0 atom stereocenters. The molecule has 3 nitrogen and oxygen atoms in total. The summed E-state index contributed by atoms with van der Waals surface area (Å²) in [6, 6.07) is 12.1. The van der Waals surface area contributed by atoms with Gasteiger partial charge in [0.15, 0.2) is 0 Å². The van der Waals surface area contributed by atoms with Crippen molar-refractivity contribution in [1.82, 2.24) is 9.97 Å². The highest BCUT2D eigenvalue weighted by Gasteiger charge is 2.07. The van der Waals surface area contributed by atoms with Gasteiger partial charge in [0, 0.05) is 17.7 Å². The van der Waals surface area contributed by atoms with Crippen molar-refractivity contribution in [3.63, 3.8) is 0 Å². The average Bonchev–Trinajstić information content (AvgIpc) is 2.35. The van der Waals surface area contributed by atoms with Crippen LogP contribution in [0.5, 0.6) is 0 Å². The van der Waals surface area contributed by atoms with E-state index in [0.717, 1.165) is 16.8 Å². The topological polar surface area (TPSA) is 49.6 Å². The maximum Gasteiger partial charge on any atom is 0.147 e. The molecule has 0 radical (unpaired) electrons. The van der Waals surface area contributed by atoms with Gasteiger partial charge in [0.25, 0.3) is 0 Å². The van der Waals surface area contributed by atoms with Crippen LogP contribution < -0.4 is 0 Å². The molecule has 0 aliphatic carbocycles. The lowest BCUT2D eigenvalue weighted by molar-refractivity contribution is 0.915. The van der Waals surface area contributed by atoms with Crippen molar-refractivity contribution in [2.75, 3.05) is 0 Å². The molecule has 0 spiro atoms. The summed E-state index contributed by atoms with van der Waals surface area (Å²) in [5, 5.41) is 8.99. The molecular formula is C14H13N3. The fourth-order valence-electron chi connectivity index (χ4n) is 1.65. The van der Waals surface area contributed by atoms with E-state index in [-0.39, 0.29) is 0 Å². The molecule has 0 unspecified atom stereocenters. The number of nitrogens with zero attached hydrogens (tertiary/aromatic N) is 3. The standard InChI is InChI=1S/C14H13N3/c1-10-11(2)16-14(17-13(10)9-15)8-12-6-4-3-5-7-12/h3-7H,8H2,1-2H3. The predicted octanol–water partition coefficient (Wildman–Crippen LogP) is 2.56. The minimum absolute atomic E-state index is 0.475. The van der Waals surface area contributed by atoms with E-state index in [9.17, 15) is 0 Å². The molecule has 0 bridgehead atoms. The smallest absolute Gasteiger partial charge is 0.147 e. The number of hydrogen-bond donors (Lipinski definition) is 0. The van der Waals surface area contributed by atoms with Crippen LogP contribution in [-0.4, -0.2) is 9.97 Å². The Morgan fingerprint density at radius 3 is 2.47 bits per heavy atom. The van der Waals surface area contributed by atoms with Gasteiger partial charge >= 0.3 is 0 Å². The Bertz CT molecular complexity index is 568. The summed E-state index contributed by atoms with van der Waals surface area (Å²) in [4.78, 5) is 8.69. The number of benzene rings is 1. The van der Waals surface area contributed by atoms with Crippen molar-refractivity contribution in [2.24, 2.45) is 0 Å². The van der Waals surface area contributed by atoms with Gasteiger partial charge in [-0.05, 0) is 19.4 Å². The van der Waals surface area contributed by atoms with Crippen LogP contribution in [0.3, 0.4) is 0 Å². The summed E-state index contributed by atoms with van der Waals surface area (Å²) in [7, 11) is 0. The van der Waals surface area contributed by atoms with Crippen LogP contribution in [0.15, 0.2) is 30.3 Å². The van der Waals surface area contributed by atoms with Gasteiger partial charge in [-0.2, -0.15) is 5.26 Å². The van der Waals surface area contributed by atoms with Gasteiger partial charge in [-0.1, -0.05) is 30.3 Å². The first-order valence-electron chi connectivity index (χ1n) is 5.49. The van der Waals surface area contributed by atoms with Crippen molar-refractivity contribution in [1.29, 1.82) is 5.26 Å². The van der Waals surface area contributed by atoms with Crippen molar-refractivity contribution in [2.45, 2.75) is 20.3 Å². The van der Waals surface area contributed by atoms with Gasteiger partial charge in [0.05, 0.1) is 0 Å². The molecule has 2 aromatic rings. The summed E-state index contributed by atoms with van der Waals surface area (Å²) in [5.41, 5.74) is 3.37. The van der Waals surface area contributed by atoms with Crippen molar-refractivity contribution < 1.29 is 0 Å². The summed E-state index contributed by atoms with van der Waals surface area (Å²) < 4.78 is 0. The van der Waals surface area contributed by atoms with Gasteiger partial charge in [-0.15, -0.1) is 0 Å². The number of aryl methyl sites for hydroxylation is 1. The Morgan fingerprint density at radius 2 is 1.82 bits per heavy atom. The summed E-state index contributed by atoms with van der Waals surface area (Å²) in [6.45, 7) is 3.78. The zero-order valence-corrected chi connectivity index (χ0v) is 9.94. The summed E-state index contributed by atoms with van der Waals surface area (Å²) in [5.74, 6) is 0.704. The van der Waals surface area contributed by atoms with Crippen LogP contribution in [0.2, 0.25) is 0 Å². The SMILES string of the molecule is Cc1nc(Cc2ccccc2)nc(C#N)c1C. The molecule has 1 aromatic heterocycles. The summed E-state index contributed by atoms with van der Waals surface area (Å²) >= 11 is 0. The second kappa shape index (κ2) is 4.75. The average molecular weight is 223 g/mol. The Hall–Kier alpha value is -2.21. The van der Waals surface area contributed by atoms with E-state index >= 15 is 0 Å². The van der Waals surface area contributed by atoms with Gasteiger partial charge in [0.2, 0.25) is 0 Å². The second-order valence-electron chi connectivity index (χ2n) is 3.97. The Morgan fingerprint density at radius 1 is 1.12 bits per heavy atom. The van der Waals surface area contributed by atoms with E-state index in [4.69, 9.17) is 5.26 Å². The molecule has 84 valence electrons. The molecule has 0 amide bonds. The summed E-state index contributed by atoms with van der Waals surface area (Å²) in [6.07, 6.45) is 0.663. The zero-order valence-electron chi connectivity index (χ0n) is 9.94. The molecule has 0 N–H and O–H groups in total. The monoisotopic (exact) mass is 223 g/mol. The van der Waals surface area contributed by atoms with Crippen LogP contribution >= 0.6 is 0 Å². The maximum atomic E-state index is 8.99. The number of rotatable bonds is 2. The largest absolute Gasteiger partial charge is 0.238 e. The fourth-order valence-corrected chi connectivity index (χ4v) is 1.65. The lowest BCUT2D eigenvalue weighted by Gasteiger charge is -2.05. The van der Waals surface area contributed by atoms with E-state index in [1.54, 1.807) is 0 Å². The van der Waals surface area contributed by atoms with Crippen LogP contribution in [0.4, 0.5) is 0 Å². The number of hydrogen-bond acceptors (Lipinski definition) is 3. The third-order valence-corrected chi connectivity index (χ3v) is 2.75. The van der Waals surface area contributed by atoms with E-state index in [1.807, 2.05) is 44.2 Å². The van der Waals surface area contributed by atoms with E-state index in [2.05, 4.69) is 16.0 Å². The molecule has 2 rings (SSSR count). The van der Waals surface area contributed by atoms with Gasteiger partial charge in [-0.25, -0.2) is 9.97 Å².